The molecule has 1 N–H and O–H groups in total. The van der Waals surface area contributed by atoms with Crippen molar-refractivity contribution >= 4 is 10.9 Å². The Morgan fingerprint density at radius 2 is 2.11 bits per heavy atom. The molecule has 0 radical (unpaired) electrons. The average Bonchev–Trinajstić information content (AvgIpc) is 3.44. The summed E-state index contributed by atoms with van der Waals surface area (Å²) in [5.74, 6) is 1.75. The van der Waals surface area contributed by atoms with Crippen LogP contribution < -0.4 is 0 Å². The Bertz CT molecular complexity index is 1040. The number of nitrogens with zero attached hydrogens (tertiary/aromatic N) is 4. The normalized spacial score (nSPS) is 17.7. The second-order valence-electron chi connectivity index (χ2n) is 7.15. The zero-order chi connectivity index (χ0) is 18.1. The zero-order valence-electron chi connectivity index (χ0n) is 15.0. The summed E-state index contributed by atoms with van der Waals surface area (Å²) in [5, 5.41) is 9.84. The summed E-state index contributed by atoms with van der Waals surface area (Å²) >= 11 is 0. The maximum Gasteiger partial charge on any atom is 0.221 e. The number of nitrogens with one attached hydrogen (secondary N) is 1. The summed E-state index contributed by atoms with van der Waals surface area (Å²) in [4.78, 5) is 9.91. The van der Waals surface area contributed by atoms with Gasteiger partial charge >= 0.3 is 0 Å². The lowest BCUT2D eigenvalue weighted by molar-refractivity contribution is 0.318. The van der Waals surface area contributed by atoms with Crippen LogP contribution >= 0.6 is 0 Å². The van der Waals surface area contributed by atoms with Crippen molar-refractivity contribution in [1.29, 1.82) is 0 Å². The lowest BCUT2D eigenvalue weighted by Crippen LogP contribution is -2.19. The number of benzene rings is 1. The number of hydrogen-bond donors (Lipinski definition) is 1. The summed E-state index contributed by atoms with van der Waals surface area (Å²) in [6.07, 6.45) is 7.47. The minimum Gasteiger partial charge on any atom is -0.425 e. The second kappa shape index (κ2) is 6.96. The highest BCUT2D eigenvalue weighted by atomic mass is 16.4. The Hall–Kier alpha value is -2.99. The first-order chi connectivity index (χ1) is 13.3. The van der Waals surface area contributed by atoms with E-state index >= 15 is 0 Å². The third kappa shape index (κ3) is 3.36. The van der Waals surface area contributed by atoms with Gasteiger partial charge in [0.15, 0.2) is 0 Å². The highest BCUT2D eigenvalue weighted by Crippen LogP contribution is 2.28. The van der Waals surface area contributed by atoms with Gasteiger partial charge in [-0.15, -0.1) is 10.2 Å². The number of pyridine rings is 1. The number of likely N-dealkylation sites (tertiary alicyclic amines) is 1. The first kappa shape index (κ1) is 16.2. The van der Waals surface area contributed by atoms with E-state index in [9.17, 15) is 0 Å². The van der Waals surface area contributed by atoms with Crippen LogP contribution in [0.1, 0.15) is 35.2 Å². The smallest absolute Gasteiger partial charge is 0.221 e. The van der Waals surface area contributed by atoms with Gasteiger partial charge in [0.25, 0.3) is 0 Å². The summed E-state index contributed by atoms with van der Waals surface area (Å²) in [5.41, 5.74) is 3.56. The van der Waals surface area contributed by atoms with Crippen molar-refractivity contribution in [3.05, 3.63) is 77.9 Å². The number of aromatic nitrogens is 4. The summed E-state index contributed by atoms with van der Waals surface area (Å²) < 4.78 is 6.01. The minimum absolute atomic E-state index is 0.311. The van der Waals surface area contributed by atoms with Crippen LogP contribution in [-0.2, 0) is 13.0 Å². The van der Waals surface area contributed by atoms with Crippen molar-refractivity contribution in [3.63, 3.8) is 0 Å². The van der Waals surface area contributed by atoms with Gasteiger partial charge < -0.3 is 9.40 Å². The molecule has 6 heteroatoms. The van der Waals surface area contributed by atoms with Crippen molar-refractivity contribution in [1.82, 2.24) is 25.1 Å². The third-order valence-corrected chi connectivity index (χ3v) is 5.25. The number of fused-ring (bicyclic) bond motifs is 1. The number of H-pyrrole nitrogens is 1. The van der Waals surface area contributed by atoms with E-state index in [-0.39, 0.29) is 0 Å². The molecule has 6 nitrogen and oxygen atoms in total. The van der Waals surface area contributed by atoms with Crippen LogP contribution in [0.5, 0.6) is 0 Å². The summed E-state index contributed by atoms with van der Waals surface area (Å²) in [6.45, 7) is 2.91. The Balaban J connectivity index is 1.26. The lowest BCUT2D eigenvalue weighted by atomic mass is 10.1. The van der Waals surface area contributed by atoms with E-state index in [1.807, 2.05) is 36.8 Å². The molecule has 136 valence electrons. The minimum atomic E-state index is 0.311. The monoisotopic (exact) mass is 359 g/mol. The number of hydrogen-bond acceptors (Lipinski definition) is 5. The topological polar surface area (TPSA) is 70.8 Å². The van der Waals surface area contributed by atoms with Crippen LogP contribution in [0.15, 0.2) is 59.4 Å². The van der Waals surface area contributed by atoms with Gasteiger partial charge in [0.1, 0.15) is 0 Å². The largest absolute Gasteiger partial charge is 0.425 e. The Labute approximate surface area is 157 Å². The van der Waals surface area contributed by atoms with E-state index in [1.165, 1.54) is 16.5 Å². The fourth-order valence-electron chi connectivity index (χ4n) is 3.87. The van der Waals surface area contributed by atoms with Gasteiger partial charge in [-0.3, -0.25) is 9.88 Å². The van der Waals surface area contributed by atoms with Gasteiger partial charge in [-0.1, -0.05) is 24.3 Å². The van der Waals surface area contributed by atoms with Crippen molar-refractivity contribution in [2.45, 2.75) is 25.3 Å². The molecule has 4 heterocycles. The predicted molar refractivity (Wildman–Crippen MR) is 102 cm³/mol. The summed E-state index contributed by atoms with van der Waals surface area (Å²) in [7, 11) is 0. The maximum atomic E-state index is 6.01. The number of aromatic amines is 1. The van der Waals surface area contributed by atoms with Gasteiger partial charge in [0.2, 0.25) is 11.8 Å². The zero-order valence-corrected chi connectivity index (χ0v) is 15.0. The van der Waals surface area contributed by atoms with E-state index < -0.39 is 0 Å². The molecule has 0 amide bonds. The van der Waals surface area contributed by atoms with Gasteiger partial charge in [-0.25, -0.2) is 0 Å². The summed E-state index contributed by atoms with van der Waals surface area (Å²) in [6, 6.07) is 12.4. The van der Waals surface area contributed by atoms with Gasteiger partial charge in [0, 0.05) is 42.6 Å². The highest BCUT2D eigenvalue weighted by Gasteiger charge is 2.28. The van der Waals surface area contributed by atoms with Crippen molar-refractivity contribution in [2.24, 2.45) is 0 Å². The van der Waals surface area contributed by atoms with E-state index in [1.54, 1.807) is 0 Å². The van der Waals surface area contributed by atoms with Crippen molar-refractivity contribution in [3.8, 4) is 0 Å². The third-order valence-electron chi connectivity index (χ3n) is 5.25. The molecule has 3 aromatic heterocycles. The Morgan fingerprint density at radius 1 is 1.15 bits per heavy atom. The van der Waals surface area contributed by atoms with E-state index in [0.717, 1.165) is 37.5 Å². The molecule has 1 aliphatic rings. The Kier molecular flexibility index (Phi) is 4.18. The predicted octanol–water partition coefficient (Wildman–Crippen LogP) is 3.53. The first-order valence-electron chi connectivity index (χ1n) is 9.34. The molecule has 27 heavy (non-hydrogen) atoms. The molecule has 5 rings (SSSR count). The van der Waals surface area contributed by atoms with Gasteiger partial charge in [-0.2, -0.15) is 0 Å². The standard InChI is InChI=1S/C21H21N5O/c1-2-6-19-18(5-1)17(12-23-19)10-20-24-25-21(27-20)16-7-9-26(14-16)13-15-4-3-8-22-11-15/h1-6,8,11-12,16,23H,7,9-10,13-14H2/t16-/m0/s1. The second-order valence-corrected chi connectivity index (χ2v) is 7.15. The molecule has 0 unspecified atom stereocenters. The van der Waals surface area contributed by atoms with Gasteiger partial charge in [-0.05, 0) is 36.2 Å². The molecule has 1 atom stereocenters. The van der Waals surface area contributed by atoms with E-state index in [4.69, 9.17) is 4.42 Å². The maximum absolute atomic E-state index is 6.01. The van der Waals surface area contributed by atoms with Crippen LogP contribution in [0.4, 0.5) is 0 Å². The number of rotatable bonds is 5. The Morgan fingerprint density at radius 3 is 3.04 bits per heavy atom. The van der Waals surface area contributed by atoms with Crippen LogP contribution in [-0.4, -0.2) is 38.2 Å². The SMILES string of the molecule is c1cncc(CN2CC[C@H](c3nnc(Cc4c[nH]c5ccccc45)o3)C2)c1. The quantitative estimate of drug-likeness (QED) is 0.590. The molecular formula is C21H21N5O. The lowest BCUT2D eigenvalue weighted by Gasteiger charge is -2.14. The van der Waals surface area contributed by atoms with Crippen LogP contribution in [0.3, 0.4) is 0 Å². The molecule has 1 aromatic carbocycles. The first-order valence-corrected chi connectivity index (χ1v) is 9.34. The molecule has 1 aliphatic heterocycles. The van der Waals surface area contributed by atoms with E-state index in [0.29, 0.717) is 18.2 Å². The van der Waals surface area contributed by atoms with E-state index in [2.05, 4.69) is 43.3 Å². The van der Waals surface area contributed by atoms with Crippen molar-refractivity contribution < 1.29 is 4.42 Å². The molecule has 4 aromatic rings. The van der Waals surface area contributed by atoms with Crippen LogP contribution in [0, 0.1) is 0 Å². The molecule has 0 saturated carbocycles. The highest BCUT2D eigenvalue weighted by molar-refractivity contribution is 5.83. The molecule has 0 spiro atoms. The van der Waals surface area contributed by atoms with Crippen molar-refractivity contribution in [2.75, 3.05) is 13.1 Å². The average molecular weight is 359 g/mol. The molecule has 0 bridgehead atoms. The van der Waals surface area contributed by atoms with Crippen LogP contribution in [0.2, 0.25) is 0 Å². The van der Waals surface area contributed by atoms with Gasteiger partial charge in [0.05, 0.1) is 12.3 Å². The fourth-order valence-corrected chi connectivity index (χ4v) is 3.87. The molecule has 0 aliphatic carbocycles. The van der Waals surface area contributed by atoms with Crippen LogP contribution in [0.25, 0.3) is 10.9 Å². The fraction of sp³-hybridized carbons (Fsp3) is 0.286. The molecule has 1 saturated heterocycles. The molecular weight excluding hydrogens is 338 g/mol. The molecule has 1 fully saturated rings. The number of para-hydroxylation sites is 1.